The molecule has 0 bridgehead atoms. The Labute approximate surface area is 239 Å². The highest BCUT2D eigenvalue weighted by Crippen LogP contribution is 2.35. The van der Waals surface area contributed by atoms with E-state index in [2.05, 4.69) is 31.3 Å². The predicted octanol–water partition coefficient (Wildman–Crippen LogP) is 5.83. The molecule has 4 aromatic rings. The number of alkyl halides is 3. The molecule has 0 spiro atoms. The molecule has 1 saturated heterocycles. The van der Waals surface area contributed by atoms with Crippen LogP contribution in [0, 0.1) is 5.82 Å². The summed E-state index contributed by atoms with van der Waals surface area (Å²) in [6.07, 6.45) is 1.17. The van der Waals surface area contributed by atoms with Gasteiger partial charge in [-0.05, 0) is 68.4 Å². The highest BCUT2D eigenvalue weighted by Gasteiger charge is 2.32. The van der Waals surface area contributed by atoms with Crippen LogP contribution in [0.3, 0.4) is 0 Å². The minimum atomic E-state index is -4.67. The predicted molar refractivity (Wildman–Crippen MR) is 149 cm³/mol. The van der Waals surface area contributed by atoms with Gasteiger partial charge in [-0.2, -0.15) is 13.2 Å². The first-order chi connectivity index (χ1) is 20.3. The van der Waals surface area contributed by atoms with Crippen LogP contribution in [0.2, 0.25) is 0 Å². The summed E-state index contributed by atoms with van der Waals surface area (Å²) in [5.41, 5.74) is 4.44. The summed E-state index contributed by atoms with van der Waals surface area (Å²) < 4.78 is 66.4. The first kappa shape index (κ1) is 30.3. The molecule has 1 aliphatic rings. The molecular weight excluding hydrogens is 556 g/mol. The molecule has 13 heteroatoms. The smallest absolute Gasteiger partial charge is 0.416 e. The molecule has 1 fully saturated rings. The minimum absolute atomic E-state index is 0.00246. The normalized spacial score (nSPS) is 14.5. The minimum Gasteiger partial charge on any atom is -0.491 e. The van der Waals surface area contributed by atoms with E-state index in [0.717, 1.165) is 31.0 Å². The molecule has 4 N–H and O–H groups in total. The summed E-state index contributed by atoms with van der Waals surface area (Å²) in [7, 11) is 1.50. The van der Waals surface area contributed by atoms with Gasteiger partial charge in [0.2, 0.25) is 0 Å². The lowest BCUT2D eigenvalue weighted by atomic mass is 10.1. The van der Waals surface area contributed by atoms with Crippen LogP contribution in [0.25, 0.3) is 11.3 Å². The lowest BCUT2D eigenvalue weighted by Gasteiger charge is -2.16. The number of halogens is 4. The Morgan fingerprint density at radius 2 is 1.93 bits per heavy atom. The maximum absolute atomic E-state index is 14.7. The highest BCUT2D eigenvalue weighted by molar-refractivity contribution is 6.05. The van der Waals surface area contributed by atoms with Crippen molar-refractivity contribution in [2.45, 2.75) is 25.1 Å². The Kier molecular flexibility index (Phi) is 9.99. The SMILES string of the molecule is CN.O=C(Nc1cc(OCC2CCCO2)cc(C(F)(F)F)c1)c1ccc(F)c(Nc2ncccc2-c2ccncn2)c1. The molecule has 2 aromatic carbocycles. The van der Waals surface area contributed by atoms with Crippen molar-refractivity contribution in [3.63, 3.8) is 0 Å². The number of rotatable bonds is 8. The fourth-order valence-electron chi connectivity index (χ4n) is 4.14. The molecule has 1 atom stereocenters. The molecule has 0 radical (unpaired) electrons. The number of nitrogens with zero attached hydrogens (tertiary/aromatic N) is 3. The zero-order valence-electron chi connectivity index (χ0n) is 22.5. The van der Waals surface area contributed by atoms with Gasteiger partial charge in [0.25, 0.3) is 5.91 Å². The summed E-state index contributed by atoms with van der Waals surface area (Å²) in [5.74, 6) is -1.19. The van der Waals surface area contributed by atoms with Crippen molar-refractivity contribution < 1.29 is 31.8 Å². The second-order valence-electron chi connectivity index (χ2n) is 8.96. The summed E-state index contributed by atoms with van der Waals surface area (Å²) >= 11 is 0. The van der Waals surface area contributed by atoms with Gasteiger partial charge in [-0.1, -0.05) is 0 Å². The number of anilines is 3. The van der Waals surface area contributed by atoms with Crippen molar-refractivity contribution in [3.05, 3.63) is 90.3 Å². The average molecular weight is 585 g/mol. The largest absolute Gasteiger partial charge is 0.491 e. The topological polar surface area (TPSA) is 124 Å². The van der Waals surface area contributed by atoms with Crippen molar-refractivity contribution in [1.29, 1.82) is 0 Å². The van der Waals surface area contributed by atoms with E-state index < -0.39 is 23.5 Å². The van der Waals surface area contributed by atoms with Gasteiger partial charge in [-0.3, -0.25) is 4.79 Å². The van der Waals surface area contributed by atoms with E-state index in [1.165, 1.54) is 37.8 Å². The molecule has 2 aromatic heterocycles. The van der Waals surface area contributed by atoms with Crippen molar-refractivity contribution in [3.8, 4) is 17.0 Å². The van der Waals surface area contributed by atoms with Crippen molar-refractivity contribution in [2.75, 3.05) is 30.9 Å². The van der Waals surface area contributed by atoms with Crippen molar-refractivity contribution in [2.24, 2.45) is 5.73 Å². The molecule has 1 unspecified atom stereocenters. The molecule has 5 rings (SSSR count). The zero-order valence-corrected chi connectivity index (χ0v) is 22.5. The van der Waals surface area contributed by atoms with E-state index in [0.29, 0.717) is 17.9 Å². The Morgan fingerprint density at radius 3 is 2.64 bits per heavy atom. The van der Waals surface area contributed by atoms with E-state index in [1.807, 2.05) is 0 Å². The van der Waals surface area contributed by atoms with E-state index in [4.69, 9.17) is 9.47 Å². The van der Waals surface area contributed by atoms with Crippen LogP contribution in [0.15, 0.2) is 73.3 Å². The van der Waals surface area contributed by atoms with Gasteiger partial charge in [-0.25, -0.2) is 19.3 Å². The quantitative estimate of drug-likeness (QED) is 0.221. The lowest BCUT2D eigenvalue weighted by molar-refractivity contribution is -0.137. The maximum atomic E-state index is 14.7. The third kappa shape index (κ3) is 7.77. The summed E-state index contributed by atoms with van der Waals surface area (Å²) in [4.78, 5) is 25.3. The second-order valence-corrected chi connectivity index (χ2v) is 8.96. The third-order valence-corrected chi connectivity index (χ3v) is 6.10. The second kappa shape index (κ2) is 13.8. The monoisotopic (exact) mass is 584 g/mol. The molecule has 1 amide bonds. The fourth-order valence-corrected chi connectivity index (χ4v) is 4.14. The zero-order chi connectivity index (χ0) is 30.1. The average Bonchev–Trinajstić information content (AvgIpc) is 3.52. The van der Waals surface area contributed by atoms with E-state index in [9.17, 15) is 22.4 Å². The molecule has 3 heterocycles. The summed E-state index contributed by atoms with van der Waals surface area (Å²) in [6, 6.07) is 11.6. The lowest BCUT2D eigenvalue weighted by Crippen LogP contribution is -2.17. The number of ether oxygens (including phenoxy) is 2. The van der Waals surface area contributed by atoms with Crippen LogP contribution in [0.5, 0.6) is 5.75 Å². The first-order valence-electron chi connectivity index (χ1n) is 12.9. The number of aromatic nitrogens is 3. The fraction of sp³-hybridized carbons (Fsp3) is 0.241. The van der Waals surface area contributed by atoms with Gasteiger partial charge < -0.3 is 25.8 Å². The number of carbonyl (C=O) groups is 1. The Hall–Kier alpha value is -4.62. The van der Waals surface area contributed by atoms with Gasteiger partial charge in [-0.15, -0.1) is 0 Å². The third-order valence-electron chi connectivity index (χ3n) is 6.10. The Bertz CT molecular complexity index is 1500. The number of hydrogen-bond acceptors (Lipinski definition) is 8. The van der Waals surface area contributed by atoms with Crippen LogP contribution in [0.1, 0.15) is 28.8 Å². The molecule has 220 valence electrons. The summed E-state index contributed by atoms with van der Waals surface area (Å²) in [6.45, 7) is 0.668. The van der Waals surface area contributed by atoms with Gasteiger partial charge >= 0.3 is 6.18 Å². The van der Waals surface area contributed by atoms with Gasteiger partial charge in [0, 0.05) is 41.9 Å². The number of amides is 1. The molecule has 0 aliphatic carbocycles. The first-order valence-corrected chi connectivity index (χ1v) is 12.9. The number of benzene rings is 2. The van der Waals surface area contributed by atoms with Gasteiger partial charge in [0.05, 0.1) is 23.0 Å². The Morgan fingerprint density at radius 1 is 1.10 bits per heavy atom. The van der Waals surface area contributed by atoms with E-state index >= 15 is 0 Å². The molecule has 1 aliphatic heterocycles. The standard InChI is InChI=1S/C28H23F4N5O3.CH5N/c29-23-6-5-17(11-25(23)37-26-22(4-1-8-34-26)24-7-9-33-16-35-24)27(38)36-19-12-18(28(30,31)32)13-21(14-19)40-15-20-3-2-10-39-20;1-2/h1,4-9,11-14,16,20H,2-3,10,15H2,(H,34,37)(H,36,38);2H2,1H3. The van der Waals surface area contributed by atoms with Crippen LogP contribution in [-0.2, 0) is 10.9 Å². The maximum Gasteiger partial charge on any atom is 0.416 e. The highest BCUT2D eigenvalue weighted by atomic mass is 19.4. The van der Waals surface area contributed by atoms with Crippen LogP contribution >= 0.6 is 0 Å². The number of carbonyl (C=O) groups excluding carboxylic acids is 1. The molecule has 42 heavy (non-hydrogen) atoms. The molecular formula is C29H28F4N6O3. The Balaban J connectivity index is 0.00000198. The van der Waals surface area contributed by atoms with Gasteiger partial charge in [0.1, 0.15) is 30.3 Å². The molecule has 0 saturated carbocycles. The van der Waals surface area contributed by atoms with Crippen LogP contribution < -0.4 is 21.1 Å². The summed E-state index contributed by atoms with van der Waals surface area (Å²) in [5, 5.41) is 5.33. The van der Waals surface area contributed by atoms with E-state index in [-0.39, 0.29) is 41.2 Å². The number of nitrogens with two attached hydrogens (primary N) is 1. The number of hydrogen-bond donors (Lipinski definition) is 3. The van der Waals surface area contributed by atoms with Gasteiger partial charge in [0.15, 0.2) is 0 Å². The van der Waals surface area contributed by atoms with Crippen molar-refractivity contribution in [1.82, 2.24) is 15.0 Å². The van der Waals surface area contributed by atoms with E-state index in [1.54, 1.807) is 24.4 Å². The van der Waals surface area contributed by atoms with Crippen LogP contribution in [-0.4, -0.2) is 47.2 Å². The number of nitrogens with one attached hydrogen (secondary N) is 2. The van der Waals surface area contributed by atoms with Crippen LogP contribution in [0.4, 0.5) is 34.8 Å². The van der Waals surface area contributed by atoms with Crippen molar-refractivity contribution >= 4 is 23.1 Å². The number of pyridine rings is 1. The molecule has 9 nitrogen and oxygen atoms in total.